The van der Waals surface area contributed by atoms with Gasteiger partial charge in [0.2, 0.25) is 5.91 Å². The number of hydrogen-bond donors (Lipinski definition) is 0. The van der Waals surface area contributed by atoms with Crippen LogP contribution in [0.1, 0.15) is 13.8 Å². The second-order valence-electron chi connectivity index (χ2n) is 6.99. The molecule has 2 saturated heterocycles. The van der Waals surface area contributed by atoms with Crippen molar-refractivity contribution in [3.8, 4) is 5.75 Å². The molecule has 1 aromatic carbocycles. The van der Waals surface area contributed by atoms with Gasteiger partial charge in [-0.1, -0.05) is 12.1 Å². The van der Waals surface area contributed by atoms with Gasteiger partial charge in [-0.3, -0.25) is 9.69 Å². The highest BCUT2D eigenvalue weighted by atomic mass is 16.5. The maximum Gasteiger partial charge on any atom is 0.236 e. The number of amides is 1. The molecule has 2 fully saturated rings. The Morgan fingerprint density at radius 2 is 1.76 bits per heavy atom. The summed E-state index contributed by atoms with van der Waals surface area (Å²) in [6, 6.07) is 8.11. The number of hydrogen-bond acceptors (Lipinski definition) is 5. The fourth-order valence-electron chi connectivity index (χ4n) is 3.71. The minimum absolute atomic E-state index is 0.120. The maximum atomic E-state index is 12.6. The molecule has 2 aliphatic heterocycles. The lowest BCUT2D eigenvalue weighted by Gasteiger charge is -2.39. The van der Waals surface area contributed by atoms with Crippen LogP contribution in [0.15, 0.2) is 24.3 Å². The number of para-hydroxylation sites is 2. The molecule has 1 amide bonds. The Kier molecular flexibility index (Phi) is 5.81. The second kappa shape index (κ2) is 8.06. The molecule has 2 atom stereocenters. The van der Waals surface area contributed by atoms with Crippen LogP contribution in [0.5, 0.6) is 5.75 Å². The lowest BCUT2D eigenvalue weighted by Crippen LogP contribution is -2.54. The standard InChI is InChI=1S/C19H29N3O3/c1-15-12-22(13-16(2)25-15)19(23)14-20-8-10-21(11-9-20)17-6-4-5-7-18(17)24-3/h4-7,15-16H,8-14H2,1-3H3/t15-,16-/m0/s1. The van der Waals surface area contributed by atoms with Crippen molar-refractivity contribution < 1.29 is 14.3 Å². The number of rotatable bonds is 4. The lowest BCUT2D eigenvalue weighted by atomic mass is 10.2. The third-order valence-corrected chi connectivity index (χ3v) is 4.93. The molecule has 0 bridgehead atoms. The van der Waals surface area contributed by atoms with Crippen LogP contribution in [0.4, 0.5) is 5.69 Å². The molecular weight excluding hydrogens is 318 g/mol. The average Bonchev–Trinajstić information content (AvgIpc) is 2.61. The van der Waals surface area contributed by atoms with Crippen molar-refractivity contribution in [1.82, 2.24) is 9.80 Å². The van der Waals surface area contributed by atoms with Gasteiger partial charge in [0.1, 0.15) is 5.75 Å². The van der Waals surface area contributed by atoms with Crippen LogP contribution >= 0.6 is 0 Å². The maximum absolute atomic E-state index is 12.6. The molecule has 3 rings (SSSR count). The molecule has 2 heterocycles. The van der Waals surface area contributed by atoms with Crippen LogP contribution in [0.2, 0.25) is 0 Å². The van der Waals surface area contributed by atoms with Crippen LogP contribution in [0.25, 0.3) is 0 Å². The number of piperazine rings is 1. The SMILES string of the molecule is COc1ccccc1N1CCN(CC(=O)N2C[C@H](C)O[C@@H](C)C2)CC1. The zero-order chi connectivity index (χ0) is 17.8. The number of anilines is 1. The van der Waals surface area contributed by atoms with Crippen molar-refractivity contribution in [3.05, 3.63) is 24.3 Å². The van der Waals surface area contributed by atoms with Crippen LogP contribution in [-0.2, 0) is 9.53 Å². The van der Waals surface area contributed by atoms with Crippen molar-refractivity contribution in [3.63, 3.8) is 0 Å². The van der Waals surface area contributed by atoms with Crippen molar-refractivity contribution >= 4 is 11.6 Å². The predicted octanol–water partition coefficient (Wildman–Crippen LogP) is 1.45. The summed E-state index contributed by atoms with van der Waals surface area (Å²) >= 11 is 0. The highest BCUT2D eigenvalue weighted by Crippen LogP contribution is 2.28. The fourth-order valence-corrected chi connectivity index (χ4v) is 3.71. The highest BCUT2D eigenvalue weighted by molar-refractivity contribution is 5.78. The first-order valence-corrected chi connectivity index (χ1v) is 9.10. The largest absolute Gasteiger partial charge is 0.495 e. The minimum Gasteiger partial charge on any atom is -0.495 e. The fraction of sp³-hybridized carbons (Fsp3) is 0.632. The van der Waals surface area contributed by atoms with Crippen molar-refractivity contribution in [2.45, 2.75) is 26.1 Å². The van der Waals surface area contributed by atoms with E-state index in [1.165, 1.54) is 0 Å². The van der Waals surface area contributed by atoms with Crippen LogP contribution in [-0.4, -0.2) is 80.8 Å². The van der Waals surface area contributed by atoms with E-state index in [4.69, 9.17) is 9.47 Å². The predicted molar refractivity (Wildman–Crippen MR) is 98.2 cm³/mol. The number of benzene rings is 1. The van der Waals surface area contributed by atoms with Crippen molar-refractivity contribution in [2.75, 3.05) is 57.8 Å². The molecule has 0 spiro atoms. The Morgan fingerprint density at radius 3 is 2.40 bits per heavy atom. The number of carbonyl (C=O) groups excluding carboxylic acids is 1. The van der Waals surface area contributed by atoms with E-state index in [1.54, 1.807) is 7.11 Å². The molecule has 0 saturated carbocycles. The van der Waals surface area contributed by atoms with Gasteiger partial charge in [0.25, 0.3) is 0 Å². The Bertz CT molecular complexity index is 577. The van der Waals surface area contributed by atoms with Crippen molar-refractivity contribution in [2.24, 2.45) is 0 Å². The van der Waals surface area contributed by atoms with Crippen LogP contribution < -0.4 is 9.64 Å². The summed E-state index contributed by atoms with van der Waals surface area (Å²) < 4.78 is 11.2. The number of carbonyl (C=O) groups is 1. The summed E-state index contributed by atoms with van der Waals surface area (Å²) in [6.07, 6.45) is 0.241. The lowest BCUT2D eigenvalue weighted by molar-refractivity contribution is -0.144. The average molecular weight is 347 g/mol. The minimum atomic E-state index is 0.120. The molecule has 6 nitrogen and oxygen atoms in total. The summed E-state index contributed by atoms with van der Waals surface area (Å²) in [6.45, 7) is 9.55. The first kappa shape index (κ1) is 18.0. The summed E-state index contributed by atoms with van der Waals surface area (Å²) in [4.78, 5) is 19.1. The van der Waals surface area contributed by atoms with E-state index in [2.05, 4.69) is 15.9 Å². The monoisotopic (exact) mass is 347 g/mol. The molecule has 138 valence electrons. The zero-order valence-electron chi connectivity index (χ0n) is 15.5. The van der Waals surface area contributed by atoms with Crippen LogP contribution in [0, 0.1) is 0 Å². The summed E-state index contributed by atoms with van der Waals surface area (Å²) in [5.74, 6) is 1.12. The van der Waals surface area contributed by atoms with E-state index in [0.29, 0.717) is 19.6 Å². The van der Waals surface area contributed by atoms with Crippen molar-refractivity contribution in [1.29, 1.82) is 0 Å². The second-order valence-corrected chi connectivity index (χ2v) is 6.99. The first-order chi connectivity index (χ1) is 12.1. The highest BCUT2D eigenvalue weighted by Gasteiger charge is 2.28. The van der Waals surface area contributed by atoms with E-state index in [-0.39, 0.29) is 18.1 Å². The van der Waals surface area contributed by atoms with Gasteiger partial charge in [0.05, 0.1) is 31.5 Å². The van der Waals surface area contributed by atoms with Gasteiger partial charge in [-0.25, -0.2) is 0 Å². The summed E-state index contributed by atoms with van der Waals surface area (Å²) in [5, 5.41) is 0. The Morgan fingerprint density at radius 1 is 1.12 bits per heavy atom. The molecule has 2 aliphatic rings. The summed E-state index contributed by atoms with van der Waals surface area (Å²) in [7, 11) is 1.71. The van der Waals surface area contributed by atoms with E-state index >= 15 is 0 Å². The van der Waals surface area contributed by atoms with Gasteiger partial charge in [-0.2, -0.15) is 0 Å². The molecule has 0 aromatic heterocycles. The van der Waals surface area contributed by atoms with Gasteiger partial charge in [-0.05, 0) is 26.0 Å². The van der Waals surface area contributed by atoms with Gasteiger partial charge in [-0.15, -0.1) is 0 Å². The van der Waals surface area contributed by atoms with E-state index in [0.717, 1.165) is 37.6 Å². The first-order valence-electron chi connectivity index (χ1n) is 9.10. The summed E-state index contributed by atoms with van der Waals surface area (Å²) in [5.41, 5.74) is 1.13. The molecule has 0 aliphatic carbocycles. The number of nitrogens with zero attached hydrogens (tertiary/aromatic N) is 3. The molecule has 1 aromatic rings. The number of methoxy groups -OCH3 is 1. The van der Waals surface area contributed by atoms with Crippen LogP contribution in [0.3, 0.4) is 0 Å². The topological polar surface area (TPSA) is 45.2 Å². The van der Waals surface area contributed by atoms with Gasteiger partial charge in [0.15, 0.2) is 0 Å². The molecule has 0 unspecified atom stereocenters. The van der Waals surface area contributed by atoms with E-state index in [1.807, 2.05) is 36.9 Å². The van der Waals surface area contributed by atoms with Gasteiger partial charge < -0.3 is 19.3 Å². The Labute approximate surface area is 150 Å². The molecule has 0 radical (unpaired) electrons. The number of morpholine rings is 1. The Balaban J connectivity index is 1.51. The van der Waals surface area contributed by atoms with E-state index in [9.17, 15) is 4.79 Å². The van der Waals surface area contributed by atoms with E-state index < -0.39 is 0 Å². The quantitative estimate of drug-likeness (QED) is 0.825. The normalized spacial score (nSPS) is 25.1. The number of ether oxygens (including phenoxy) is 2. The molecule has 0 N–H and O–H groups in total. The molecule has 6 heteroatoms. The Hall–Kier alpha value is -1.79. The smallest absolute Gasteiger partial charge is 0.236 e. The third-order valence-electron chi connectivity index (χ3n) is 4.93. The zero-order valence-corrected chi connectivity index (χ0v) is 15.5. The van der Waals surface area contributed by atoms with Gasteiger partial charge >= 0.3 is 0 Å². The molecular formula is C19H29N3O3. The molecule has 25 heavy (non-hydrogen) atoms. The van der Waals surface area contributed by atoms with Gasteiger partial charge in [0, 0.05) is 39.3 Å². The third kappa shape index (κ3) is 4.44.